The number of nitrogens with one attached hydrogen (secondary N) is 1. The molecule has 2 heterocycles. The number of carbonyl (C=O) groups is 1. The summed E-state index contributed by atoms with van der Waals surface area (Å²) in [6, 6.07) is 17.5. The van der Waals surface area contributed by atoms with Gasteiger partial charge in [-0.05, 0) is 19.4 Å². The first-order chi connectivity index (χ1) is 13.6. The third-order valence-electron chi connectivity index (χ3n) is 4.18. The number of hydrogen-bond acceptors (Lipinski definition) is 6. The normalized spacial score (nSPS) is 10.8. The maximum absolute atomic E-state index is 12.3. The zero-order valence-corrected chi connectivity index (χ0v) is 16.3. The van der Waals surface area contributed by atoms with Crippen molar-refractivity contribution in [2.75, 3.05) is 5.32 Å². The first kappa shape index (κ1) is 18.1. The van der Waals surface area contributed by atoms with Crippen LogP contribution in [0.3, 0.4) is 0 Å². The van der Waals surface area contributed by atoms with Crippen molar-refractivity contribution in [1.82, 2.24) is 15.1 Å². The zero-order chi connectivity index (χ0) is 19.5. The highest BCUT2D eigenvalue weighted by Crippen LogP contribution is 2.32. The van der Waals surface area contributed by atoms with E-state index in [1.165, 1.54) is 16.9 Å². The Morgan fingerprint density at radius 2 is 1.79 bits per heavy atom. The first-order valence-corrected chi connectivity index (χ1v) is 9.62. The molecule has 0 aliphatic heterocycles. The summed E-state index contributed by atoms with van der Waals surface area (Å²) in [5, 5.41) is 7.43. The Balaban J connectivity index is 1.50. The fourth-order valence-corrected chi connectivity index (χ4v) is 3.63. The van der Waals surface area contributed by atoms with E-state index in [2.05, 4.69) is 20.4 Å². The van der Waals surface area contributed by atoms with Crippen molar-refractivity contribution in [2.24, 2.45) is 0 Å². The number of anilines is 1. The lowest BCUT2D eigenvalue weighted by molar-refractivity contribution is -0.115. The summed E-state index contributed by atoms with van der Waals surface area (Å²) in [6.07, 6.45) is 0.299. The molecule has 0 atom stereocenters. The van der Waals surface area contributed by atoms with Crippen molar-refractivity contribution >= 4 is 22.4 Å². The summed E-state index contributed by atoms with van der Waals surface area (Å²) in [5.74, 6) is 0.809. The average molecular weight is 390 g/mol. The van der Waals surface area contributed by atoms with Gasteiger partial charge in [0.05, 0.1) is 12.1 Å². The Morgan fingerprint density at radius 1 is 1.04 bits per heavy atom. The highest BCUT2D eigenvalue weighted by atomic mass is 32.1. The van der Waals surface area contributed by atoms with E-state index in [4.69, 9.17) is 4.52 Å². The lowest BCUT2D eigenvalue weighted by Gasteiger charge is -2.01. The summed E-state index contributed by atoms with van der Waals surface area (Å²) in [7, 11) is 0. The molecule has 1 amide bonds. The Morgan fingerprint density at radius 3 is 2.54 bits per heavy atom. The Bertz CT molecular complexity index is 1100. The van der Waals surface area contributed by atoms with Gasteiger partial charge >= 0.3 is 0 Å². The van der Waals surface area contributed by atoms with E-state index in [0.29, 0.717) is 23.3 Å². The van der Waals surface area contributed by atoms with Crippen LogP contribution in [0.25, 0.3) is 22.2 Å². The number of thiazole rings is 1. The number of benzene rings is 2. The number of aromatic nitrogens is 3. The number of hydrogen-bond donors (Lipinski definition) is 1. The number of amides is 1. The van der Waals surface area contributed by atoms with Gasteiger partial charge in [0.2, 0.25) is 11.7 Å². The molecule has 1 N–H and O–H groups in total. The van der Waals surface area contributed by atoms with Gasteiger partial charge in [0.1, 0.15) is 4.88 Å². The zero-order valence-electron chi connectivity index (χ0n) is 15.5. The molecule has 0 radical (unpaired) electrons. The van der Waals surface area contributed by atoms with Crippen molar-refractivity contribution in [3.8, 4) is 22.2 Å². The van der Waals surface area contributed by atoms with E-state index in [0.717, 1.165) is 21.7 Å². The quantitative estimate of drug-likeness (QED) is 0.536. The molecule has 0 aliphatic rings. The number of nitrogens with zero attached hydrogens (tertiary/aromatic N) is 3. The van der Waals surface area contributed by atoms with Gasteiger partial charge in [-0.15, -0.1) is 0 Å². The Hall–Kier alpha value is -3.32. The summed E-state index contributed by atoms with van der Waals surface area (Å²) in [6.45, 7) is 3.88. The largest absolute Gasteiger partial charge is 0.333 e. The van der Waals surface area contributed by atoms with Crippen LogP contribution in [0.4, 0.5) is 5.13 Å². The molecule has 6 nitrogen and oxygen atoms in total. The molecule has 0 fully saturated rings. The van der Waals surface area contributed by atoms with Crippen LogP contribution in [0.2, 0.25) is 0 Å². The van der Waals surface area contributed by atoms with Crippen molar-refractivity contribution in [1.29, 1.82) is 0 Å². The topological polar surface area (TPSA) is 80.9 Å². The minimum Gasteiger partial charge on any atom is -0.333 e. The van der Waals surface area contributed by atoms with Gasteiger partial charge in [-0.1, -0.05) is 76.7 Å². The lowest BCUT2D eigenvalue weighted by atomic mass is 10.1. The third-order valence-corrected chi connectivity index (χ3v) is 5.24. The van der Waals surface area contributed by atoms with Gasteiger partial charge in [-0.2, -0.15) is 4.98 Å². The molecule has 2 aromatic heterocycles. The second-order valence-corrected chi connectivity index (χ2v) is 7.43. The van der Waals surface area contributed by atoms with Crippen molar-refractivity contribution < 1.29 is 9.32 Å². The Labute approximate surface area is 166 Å². The molecule has 28 heavy (non-hydrogen) atoms. The van der Waals surface area contributed by atoms with Gasteiger partial charge in [0.15, 0.2) is 5.13 Å². The molecule has 140 valence electrons. The second-order valence-electron chi connectivity index (χ2n) is 6.43. The molecule has 0 bridgehead atoms. The smallest absolute Gasteiger partial charge is 0.270 e. The van der Waals surface area contributed by atoms with Gasteiger partial charge in [-0.25, -0.2) is 4.98 Å². The highest BCUT2D eigenvalue weighted by Gasteiger charge is 2.18. The molecule has 4 rings (SSSR count). The van der Waals surface area contributed by atoms with Gasteiger partial charge in [0.25, 0.3) is 5.89 Å². The van der Waals surface area contributed by atoms with Crippen molar-refractivity contribution in [2.45, 2.75) is 20.3 Å². The van der Waals surface area contributed by atoms with E-state index < -0.39 is 0 Å². The number of aryl methyl sites for hydroxylation is 2. The average Bonchev–Trinajstić information content (AvgIpc) is 3.30. The van der Waals surface area contributed by atoms with E-state index in [-0.39, 0.29) is 5.91 Å². The molecule has 0 saturated carbocycles. The maximum Gasteiger partial charge on any atom is 0.270 e. The van der Waals surface area contributed by atoms with E-state index in [1.807, 2.05) is 68.4 Å². The van der Waals surface area contributed by atoms with Gasteiger partial charge in [0, 0.05) is 5.56 Å². The van der Waals surface area contributed by atoms with Gasteiger partial charge < -0.3 is 9.84 Å². The van der Waals surface area contributed by atoms with Crippen LogP contribution in [0.15, 0.2) is 59.1 Å². The predicted octanol–water partition coefficient (Wildman–Crippen LogP) is 4.66. The molecule has 0 saturated heterocycles. The molecule has 4 aromatic rings. The minimum atomic E-state index is -0.114. The monoisotopic (exact) mass is 390 g/mol. The van der Waals surface area contributed by atoms with Crippen molar-refractivity contribution in [3.63, 3.8) is 0 Å². The standard InChI is InChI=1S/C21H18N4O2S/c1-13-8-10-16(11-9-13)19-24-20(27-25-19)18-14(2)22-21(28-18)23-17(26)12-15-6-4-3-5-7-15/h3-11H,12H2,1-2H3,(H,22,23,26). The number of rotatable bonds is 5. The van der Waals surface area contributed by atoms with Crippen LogP contribution < -0.4 is 5.32 Å². The fraction of sp³-hybridized carbons (Fsp3) is 0.143. The first-order valence-electron chi connectivity index (χ1n) is 8.81. The van der Waals surface area contributed by atoms with Crippen LogP contribution >= 0.6 is 11.3 Å². The van der Waals surface area contributed by atoms with E-state index in [9.17, 15) is 4.79 Å². The maximum atomic E-state index is 12.3. The molecule has 0 aliphatic carbocycles. The van der Waals surface area contributed by atoms with Crippen LogP contribution in [0.5, 0.6) is 0 Å². The predicted molar refractivity (Wildman–Crippen MR) is 109 cm³/mol. The minimum absolute atomic E-state index is 0.114. The molecule has 7 heteroatoms. The van der Waals surface area contributed by atoms with E-state index in [1.54, 1.807) is 0 Å². The highest BCUT2D eigenvalue weighted by molar-refractivity contribution is 7.19. The third kappa shape index (κ3) is 3.99. The number of carbonyl (C=O) groups excluding carboxylic acids is 1. The van der Waals surface area contributed by atoms with Crippen LogP contribution in [0.1, 0.15) is 16.8 Å². The molecular formula is C21H18N4O2S. The summed E-state index contributed by atoms with van der Waals surface area (Å²) in [4.78, 5) is 21.9. The molecule has 0 unspecified atom stereocenters. The lowest BCUT2D eigenvalue weighted by Crippen LogP contribution is -2.14. The second kappa shape index (κ2) is 7.74. The summed E-state index contributed by atoms with van der Waals surface area (Å²) >= 11 is 1.32. The molecule has 2 aromatic carbocycles. The van der Waals surface area contributed by atoms with Crippen LogP contribution in [0, 0.1) is 13.8 Å². The van der Waals surface area contributed by atoms with Gasteiger partial charge in [-0.3, -0.25) is 4.79 Å². The SMILES string of the molecule is Cc1ccc(-c2noc(-c3sc(NC(=O)Cc4ccccc4)nc3C)n2)cc1. The summed E-state index contributed by atoms with van der Waals surface area (Å²) in [5.41, 5.74) is 3.74. The fourth-order valence-electron chi connectivity index (χ4n) is 2.73. The molecular weight excluding hydrogens is 372 g/mol. The van der Waals surface area contributed by atoms with Crippen molar-refractivity contribution in [3.05, 3.63) is 71.4 Å². The Kier molecular flexibility index (Phi) is 4.99. The van der Waals surface area contributed by atoms with Crippen LogP contribution in [-0.4, -0.2) is 21.0 Å². The molecule has 0 spiro atoms. The van der Waals surface area contributed by atoms with E-state index >= 15 is 0 Å². The summed E-state index contributed by atoms with van der Waals surface area (Å²) < 4.78 is 5.43. The van der Waals surface area contributed by atoms with Crippen LogP contribution in [-0.2, 0) is 11.2 Å².